The Kier molecular flexibility index (Phi) is 4.47. The summed E-state index contributed by atoms with van der Waals surface area (Å²) in [7, 11) is 3.37. The molecule has 0 amide bonds. The van der Waals surface area contributed by atoms with Gasteiger partial charge in [0.2, 0.25) is 0 Å². The van der Waals surface area contributed by atoms with Crippen LogP contribution in [-0.4, -0.2) is 24.1 Å². The van der Waals surface area contributed by atoms with E-state index in [1.165, 1.54) is 12.1 Å². The van der Waals surface area contributed by atoms with Crippen molar-refractivity contribution in [2.75, 3.05) is 24.8 Å². The second-order valence-electron chi connectivity index (χ2n) is 4.32. The molecular formula is C14H17FN4O. The molecule has 0 aliphatic rings. The van der Waals surface area contributed by atoms with Gasteiger partial charge in [0.15, 0.2) is 5.82 Å². The lowest BCUT2D eigenvalue weighted by molar-refractivity contribution is 0.178. The van der Waals surface area contributed by atoms with Gasteiger partial charge < -0.3 is 15.4 Å². The quantitative estimate of drug-likeness (QED) is 0.879. The van der Waals surface area contributed by atoms with Gasteiger partial charge in [-0.2, -0.15) is 0 Å². The lowest BCUT2D eigenvalue weighted by Crippen LogP contribution is -2.05. The van der Waals surface area contributed by atoms with Crippen molar-refractivity contribution in [3.05, 3.63) is 41.5 Å². The van der Waals surface area contributed by atoms with Crippen molar-refractivity contribution in [1.29, 1.82) is 0 Å². The number of hydrogen-bond acceptors (Lipinski definition) is 5. The molecule has 0 saturated carbocycles. The summed E-state index contributed by atoms with van der Waals surface area (Å²) in [5.41, 5.74) is 1.61. The topological polar surface area (TPSA) is 59.1 Å². The van der Waals surface area contributed by atoms with Gasteiger partial charge in [0.05, 0.1) is 0 Å². The summed E-state index contributed by atoms with van der Waals surface area (Å²) in [6, 6.07) is 6.34. The molecule has 2 aromatic rings. The van der Waals surface area contributed by atoms with E-state index in [9.17, 15) is 4.39 Å². The van der Waals surface area contributed by atoms with E-state index in [1.807, 2.05) is 6.92 Å². The summed E-state index contributed by atoms with van der Waals surface area (Å²) >= 11 is 0. The average molecular weight is 276 g/mol. The van der Waals surface area contributed by atoms with Gasteiger partial charge in [-0.05, 0) is 30.7 Å². The van der Waals surface area contributed by atoms with E-state index in [-0.39, 0.29) is 5.82 Å². The average Bonchev–Trinajstić information content (AvgIpc) is 2.42. The van der Waals surface area contributed by atoms with Crippen LogP contribution in [0, 0.1) is 12.7 Å². The Morgan fingerprint density at radius 2 is 1.95 bits per heavy atom. The monoisotopic (exact) mass is 276 g/mol. The molecule has 6 heteroatoms. The minimum absolute atomic E-state index is 0.258. The Bertz CT molecular complexity index is 604. The minimum Gasteiger partial charge on any atom is -0.377 e. The number of aryl methyl sites for hydroxylation is 1. The first kappa shape index (κ1) is 14.2. The van der Waals surface area contributed by atoms with Crippen molar-refractivity contribution in [2.45, 2.75) is 13.5 Å². The summed E-state index contributed by atoms with van der Waals surface area (Å²) in [6.07, 6.45) is 0. The highest BCUT2D eigenvalue weighted by atomic mass is 19.1. The molecule has 20 heavy (non-hydrogen) atoms. The summed E-state index contributed by atoms with van der Waals surface area (Å²) < 4.78 is 18.1. The number of anilines is 3. The van der Waals surface area contributed by atoms with Crippen LogP contribution in [0.2, 0.25) is 0 Å². The van der Waals surface area contributed by atoms with Crippen LogP contribution in [0.4, 0.5) is 21.7 Å². The van der Waals surface area contributed by atoms with E-state index in [0.717, 1.165) is 11.3 Å². The van der Waals surface area contributed by atoms with Gasteiger partial charge >= 0.3 is 0 Å². The number of rotatable bonds is 5. The van der Waals surface area contributed by atoms with Crippen molar-refractivity contribution >= 4 is 17.3 Å². The smallest absolute Gasteiger partial charge is 0.158 e. The van der Waals surface area contributed by atoms with Crippen LogP contribution in [0.1, 0.15) is 11.4 Å². The molecule has 1 aromatic heterocycles. The van der Waals surface area contributed by atoms with Gasteiger partial charge in [-0.1, -0.05) is 0 Å². The van der Waals surface area contributed by atoms with Gasteiger partial charge in [0, 0.05) is 25.9 Å². The number of ether oxygens (including phenoxy) is 1. The molecule has 0 spiro atoms. The Balaban J connectivity index is 2.29. The van der Waals surface area contributed by atoms with Gasteiger partial charge in [-0.25, -0.2) is 14.4 Å². The number of nitrogens with zero attached hydrogens (tertiary/aromatic N) is 2. The van der Waals surface area contributed by atoms with E-state index in [0.29, 0.717) is 24.1 Å². The first-order valence-electron chi connectivity index (χ1n) is 6.20. The standard InChI is InChI=1S/C14H17FN4O/c1-9-6-10(15)4-5-11(9)17-13-7-12(16-2)18-14(19-13)8-20-3/h4-7H,8H2,1-3H3,(H2,16,17,18,19). The fraction of sp³-hybridized carbons (Fsp3) is 0.286. The zero-order valence-corrected chi connectivity index (χ0v) is 11.7. The van der Waals surface area contributed by atoms with Crippen LogP contribution in [0.25, 0.3) is 0 Å². The van der Waals surface area contributed by atoms with Crippen molar-refractivity contribution in [3.63, 3.8) is 0 Å². The van der Waals surface area contributed by atoms with E-state index in [4.69, 9.17) is 4.74 Å². The number of aromatic nitrogens is 2. The molecule has 0 bridgehead atoms. The second kappa shape index (κ2) is 6.29. The van der Waals surface area contributed by atoms with Crippen molar-refractivity contribution in [3.8, 4) is 0 Å². The van der Waals surface area contributed by atoms with Gasteiger partial charge in [0.25, 0.3) is 0 Å². The number of nitrogens with one attached hydrogen (secondary N) is 2. The van der Waals surface area contributed by atoms with Crippen LogP contribution < -0.4 is 10.6 Å². The largest absolute Gasteiger partial charge is 0.377 e. The van der Waals surface area contributed by atoms with Crippen LogP contribution >= 0.6 is 0 Å². The zero-order chi connectivity index (χ0) is 14.5. The molecule has 5 nitrogen and oxygen atoms in total. The molecule has 1 aromatic carbocycles. The number of halogens is 1. The maximum atomic E-state index is 13.1. The molecule has 0 aliphatic carbocycles. The number of hydrogen-bond donors (Lipinski definition) is 2. The summed E-state index contributed by atoms with van der Waals surface area (Å²) in [6.45, 7) is 2.16. The molecule has 0 aliphatic heterocycles. The summed E-state index contributed by atoms with van der Waals surface area (Å²) in [5, 5.41) is 6.13. The molecule has 106 valence electrons. The zero-order valence-electron chi connectivity index (χ0n) is 11.7. The van der Waals surface area contributed by atoms with Gasteiger partial charge in [-0.3, -0.25) is 0 Å². The summed E-state index contributed by atoms with van der Waals surface area (Å²) in [4.78, 5) is 8.62. The molecule has 0 saturated heterocycles. The fourth-order valence-electron chi connectivity index (χ4n) is 1.79. The molecule has 2 N–H and O–H groups in total. The van der Waals surface area contributed by atoms with E-state index in [1.54, 1.807) is 26.3 Å². The van der Waals surface area contributed by atoms with Crippen LogP contribution in [0.3, 0.4) is 0 Å². The normalized spacial score (nSPS) is 10.4. The second-order valence-corrected chi connectivity index (χ2v) is 4.32. The van der Waals surface area contributed by atoms with Gasteiger partial charge in [-0.15, -0.1) is 0 Å². The molecule has 0 fully saturated rings. The predicted molar refractivity (Wildman–Crippen MR) is 76.7 cm³/mol. The molecular weight excluding hydrogens is 259 g/mol. The van der Waals surface area contributed by atoms with E-state index >= 15 is 0 Å². The molecule has 0 unspecified atom stereocenters. The SMILES string of the molecule is CNc1cc(Nc2ccc(F)cc2C)nc(COC)n1. The maximum Gasteiger partial charge on any atom is 0.158 e. The van der Waals surface area contributed by atoms with E-state index in [2.05, 4.69) is 20.6 Å². The Hall–Kier alpha value is -2.21. The molecule has 0 radical (unpaired) electrons. The number of methoxy groups -OCH3 is 1. The van der Waals surface area contributed by atoms with Crippen LogP contribution in [0.5, 0.6) is 0 Å². The highest BCUT2D eigenvalue weighted by Crippen LogP contribution is 2.21. The third kappa shape index (κ3) is 3.42. The van der Waals surface area contributed by atoms with Crippen molar-refractivity contribution < 1.29 is 9.13 Å². The van der Waals surface area contributed by atoms with Gasteiger partial charge in [0.1, 0.15) is 24.1 Å². The predicted octanol–water partition coefficient (Wildman–Crippen LogP) is 2.86. The number of benzene rings is 1. The lowest BCUT2D eigenvalue weighted by atomic mass is 10.2. The molecule has 2 rings (SSSR count). The third-order valence-electron chi connectivity index (χ3n) is 2.75. The van der Waals surface area contributed by atoms with Crippen LogP contribution in [-0.2, 0) is 11.3 Å². The molecule has 1 heterocycles. The Morgan fingerprint density at radius 3 is 2.60 bits per heavy atom. The van der Waals surface area contributed by atoms with Crippen molar-refractivity contribution in [1.82, 2.24) is 9.97 Å². The van der Waals surface area contributed by atoms with Crippen molar-refractivity contribution in [2.24, 2.45) is 0 Å². The van der Waals surface area contributed by atoms with Crippen LogP contribution in [0.15, 0.2) is 24.3 Å². The minimum atomic E-state index is -0.258. The fourth-order valence-corrected chi connectivity index (χ4v) is 1.79. The third-order valence-corrected chi connectivity index (χ3v) is 2.75. The first-order valence-corrected chi connectivity index (χ1v) is 6.20. The molecule has 0 atom stereocenters. The highest BCUT2D eigenvalue weighted by Gasteiger charge is 2.06. The maximum absolute atomic E-state index is 13.1. The Morgan fingerprint density at radius 1 is 1.20 bits per heavy atom. The Labute approximate surface area is 117 Å². The first-order chi connectivity index (χ1) is 9.62. The summed E-state index contributed by atoms with van der Waals surface area (Å²) in [5.74, 6) is 1.63. The highest BCUT2D eigenvalue weighted by molar-refractivity contribution is 5.62. The van der Waals surface area contributed by atoms with E-state index < -0.39 is 0 Å². The lowest BCUT2D eigenvalue weighted by Gasteiger charge is -2.11.